The summed E-state index contributed by atoms with van der Waals surface area (Å²) in [7, 11) is -1.85. The van der Waals surface area contributed by atoms with Crippen molar-refractivity contribution in [1.82, 2.24) is 9.21 Å². The zero-order chi connectivity index (χ0) is 20.4. The Morgan fingerprint density at radius 1 is 0.966 bits per heavy atom. The summed E-state index contributed by atoms with van der Waals surface area (Å²) in [6.45, 7) is 2.60. The number of piperazine rings is 1. The zero-order valence-corrected chi connectivity index (χ0v) is 17.1. The van der Waals surface area contributed by atoms with Crippen molar-refractivity contribution < 1.29 is 18.3 Å². The van der Waals surface area contributed by atoms with E-state index in [1.807, 2.05) is 30.3 Å². The van der Waals surface area contributed by atoms with Crippen LogP contribution in [0.2, 0.25) is 0 Å². The highest BCUT2D eigenvalue weighted by atomic mass is 32.2. The quantitative estimate of drug-likeness (QED) is 0.698. The van der Waals surface area contributed by atoms with Crippen molar-refractivity contribution in [3.05, 3.63) is 66.2 Å². The fourth-order valence-corrected chi connectivity index (χ4v) is 5.18. The molecule has 4 rings (SSSR count). The van der Waals surface area contributed by atoms with Gasteiger partial charge in [-0.25, -0.2) is 8.42 Å². The van der Waals surface area contributed by atoms with Gasteiger partial charge in [0.1, 0.15) is 11.5 Å². The highest BCUT2D eigenvalue weighted by Crippen LogP contribution is 2.31. The first-order valence-electron chi connectivity index (χ1n) is 9.55. The molecule has 1 N–H and O–H groups in total. The Hall–Kier alpha value is -2.61. The molecule has 29 heavy (non-hydrogen) atoms. The molecule has 7 heteroatoms. The summed E-state index contributed by atoms with van der Waals surface area (Å²) in [5.74, 6) is 0.980. The Kier molecular flexibility index (Phi) is 5.45. The maximum Gasteiger partial charge on any atom is 0.243 e. The standard InChI is InChI=1S/C22H24N2O4S/c1-28-18-9-7-17-8-10-22(25)21(20(17)15-18)16-23-11-13-24(14-12-23)29(26,27)19-5-3-2-4-6-19/h2-10,15,25H,11-14,16H2,1H3. The molecule has 0 aliphatic carbocycles. The Bertz CT molecular complexity index is 1110. The van der Waals surface area contributed by atoms with E-state index < -0.39 is 10.0 Å². The lowest BCUT2D eigenvalue weighted by Crippen LogP contribution is -2.48. The van der Waals surface area contributed by atoms with E-state index in [9.17, 15) is 13.5 Å². The van der Waals surface area contributed by atoms with Crippen molar-refractivity contribution in [2.45, 2.75) is 11.4 Å². The molecule has 1 saturated heterocycles. The minimum absolute atomic E-state index is 0.241. The number of phenolic OH excluding ortho intramolecular Hbond substituents is 1. The van der Waals surface area contributed by atoms with Crippen LogP contribution in [0.25, 0.3) is 10.8 Å². The van der Waals surface area contributed by atoms with Crippen molar-refractivity contribution in [2.75, 3.05) is 33.3 Å². The third-order valence-electron chi connectivity index (χ3n) is 5.41. The van der Waals surface area contributed by atoms with Crippen LogP contribution in [0.4, 0.5) is 0 Å². The number of nitrogens with zero attached hydrogens (tertiary/aromatic N) is 2. The lowest BCUT2D eigenvalue weighted by molar-refractivity contribution is 0.180. The van der Waals surface area contributed by atoms with Crippen LogP contribution in [-0.4, -0.2) is 56.0 Å². The molecule has 0 atom stereocenters. The van der Waals surface area contributed by atoms with Crippen LogP contribution in [0.3, 0.4) is 0 Å². The fourth-order valence-electron chi connectivity index (χ4n) is 3.74. The van der Waals surface area contributed by atoms with Gasteiger partial charge in [0.2, 0.25) is 10.0 Å². The fraction of sp³-hybridized carbons (Fsp3) is 0.273. The van der Waals surface area contributed by atoms with E-state index in [-0.39, 0.29) is 5.75 Å². The Morgan fingerprint density at radius 3 is 2.34 bits per heavy atom. The van der Waals surface area contributed by atoms with E-state index in [1.54, 1.807) is 37.4 Å². The van der Waals surface area contributed by atoms with Gasteiger partial charge >= 0.3 is 0 Å². The average Bonchev–Trinajstić information content (AvgIpc) is 2.76. The van der Waals surface area contributed by atoms with Gasteiger partial charge in [-0.05, 0) is 41.1 Å². The van der Waals surface area contributed by atoms with Crippen molar-refractivity contribution in [3.8, 4) is 11.5 Å². The molecule has 0 spiro atoms. The predicted molar refractivity (Wildman–Crippen MR) is 113 cm³/mol. The summed E-state index contributed by atoms with van der Waals surface area (Å²) in [4.78, 5) is 2.50. The van der Waals surface area contributed by atoms with Crippen molar-refractivity contribution in [3.63, 3.8) is 0 Å². The Balaban J connectivity index is 1.51. The van der Waals surface area contributed by atoms with E-state index in [1.165, 1.54) is 4.31 Å². The summed E-state index contributed by atoms with van der Waals surface area (Å²) in [6, 6.07) is 17.9. The van der Waals surface area contributed by atoms with Crippen LogP contribution in [0.15, 0.2) is 65.6 Å². The van der Waals surface area contributed by atoms with Gasteiger partial charge in [-0.15, -0.1) is 0 Å². The number of hydrogen-bond acceptors (Lipinski definition) is 5. The Morgan fingerprint density at radius 2 is 1.66 bits per heavy atom. The lowest BCUT2D eigenvalue weighted by atomic mass is 10.0. The summed E-state index contributed by atoms with van der Waals surface area (Å²) in [5.41, 5.74) is 0.834. The molecule has 0 saturated carbocycles. The van der Waals surface area contributed by atoms with Crippen LogP contribution >= 0.6 is 0 Å². The summed E-state index contributed by atoms with van der Waals surface area (Å²) < 4.78 is 32.5. The first kappa shape index (κ1) is 19.7. The second kappa shape index (κ2) is 8.02. The molecule has 0 radical (unpaired) electrons. The van der Waals surface area contributed by atoms with E-state index in [4.69, 9.17) is 4.74 Å². The maximum absolute atomic E-state index is 12.8. The molecule has 1 aliphatic rings. The van der Waals surface area contributed by atoms with E-state index >= 15 is 0 Å². The molecule has 152 valence electrons. The largest absolute Gasteiger partial charge is 0.508 e. The molecule has 1 fully saturated rings. The number of fused-ring (bicyclic) bond motifs is 1. The van der Waals surface area contributed by atoms with Crippen LogP contribution in [0.1, 0.15) is 5.56 Å². The van der Waals surface area contributed by atoms with Gasteiger partial charge in [0.15, 0.2) is 0 Å². The number of phenols is 1. The Labute approximate surface area is 171 Å². The van der Waals surface area contributed by atoms with Gasteiger partial charge in [0.05, 0.1) is 12.0 Å². The molecule has 3 aromatic rings. The third-order valence-corrected chi connectivity index (χ3v) is 7.32. The highest BCUT2D eigenvalue weighted by Gasteiger charge is 2.28. The number of methoxy groups -OCH3 is 1. The smallest absolute Gasteiger partial charge is 0.243 e. The van der Waals surface area contributed by atoms with Crippen molar-refractivity contribution in [2.24, 2.45) is 0 Å². The molecule has 6 nitrogen and oxygen atoms in total. The molecule has 0 unspecified atom stereocenters. The van der Waals surface area contributed by atoms with Crippen LogP contribution in [-0.2, 0) is 16.6 Å². The second-order valence-electron chi connectivity index (χ2n) is 7.14. The number of rotatable bonds is 5. The number of ether oxygens (including phenoxy) is 1. The van der Waals surface area contributed by atoms with Gasteiger partial charge in [-0.1, -0.05) is 30.3 Å². The van der Waals surface area contributed by atoms with Gasteiger partial charge in [0, 0.05) is 38.3 Å². The lowest BCUT2D eigenvalue weighted by Gasteiger charge is -2.34. The van der Waals surface area contributed by atoms with E-state index in [2.05, 4.69) is 4.90 Å². The second-order valence-corrected chi connectivity index (χ2v) is 9.08. The summed E-state index contributed by atoms with van der Waals surface area (Å²) in [6.07, 6.45) is 0. The normalized spacial score (nSPS) is 16.2. The molecular formula is C22H24N2O4S. The topological polar surface area (TPSA) is 70.1 Å². The van der Waals surface area contributed by atoms with Gasteiger partial charge in [-0.3, -0.25) is 4.90 Å². The van der Waals surface area contributed by atoms with Gasteiger partial charge in [-0.2, -0.15) is 4.31 Å². The predicted octanol–water partition coefficient (Wildman–Crippen LogP) is 3.06. The molecule has 1 aliphatic heterocycles. The molecule has 1 heterocycles. The van der Waals surface area contributed by atoms with E-state index in [0.717, 1.165) is 22.1 Å². The van der Waals surface area contributed by atoms with Crippen molar-refractivity contribution >= 4 is 20.8 Å². The molecular weight excluding hydrogens is 388 g/mol. The van der Waals surface area contributed by atoms with Gasteiger partial charge < -0.3 is 9.84 Å². The molecule has 3 aromatic carbocycles. The van der Waals surface area contributed by atoms with E-state index in [0.29, 0.717) is 37.6 Å². The third kappa shape index (κ3) is 3.94. The SMILES string of the molecule is COc1ccc2ccc(O)c(CN3CCN(S(=O)(=O)c4ccccc4)CC3)c2c1. The number of sulfonamides is 1. The van der Waals surface area contributed by atoms with Crippen LogP contribution < -0.4 is 4.74 Å². The maximum atomic E-state index is 12.8. The summed E-state index contributed by atoms with van der Waals surface area (Å²) in [5, 5.41) is 12.4. The monoisotopic (exact) mass is 412 g/mol. The number of hydrogen-bond donors (Lipinski definition) is 1. The highest BCUT2D eigenvalue weighted by molar-refractivity contribution is 7.89. The van der Waals surface area contributed by atoms with Crippen molar-refractivity contribution in [1.29, 1.82) is 0 Å². The molecule has 0 aromatic heterocycles. The number of benzene rings is 3. The molecule has 0 bridgehead atoms. The minimum atomic E-state index is -3.47. The van der Waals surface area contributed by atoms with Crippen LogP contribution in [0.5, 0.6) is 11.5 Å². The first-order valence-corrected chi connectivity index (χ1v) is 11.0. The zero-order valence-electron chi connectivity index (χ0n) is 16.3. The average molecular weight is 413 g/mol. The first-order chi connectivity index (χ1) is 14.0. The number of aromatic hydroxyl groups is 1. The van der Waals surface area contributed by atoms with Crippen LogP contribution in [0, 0.1) is 0 Å². The molecule has 0 amide bonds. The van der Waals surface area contributed by atoms with Gasteiger partial charge in [0.25, 0.3) is 0 Å². The minimum Gasteiger partial charge on any atom is -0.508 e. The summed E-state index contributed by atoms with van der Waals surface area (Å²) >= 11 is 0.